The van der Waals surface area contributed by atoms with Crippen molar-refractivity contribution in [3.8, 4) is 0 Å². The van der Waals surface area contributed by atoms with Gasteiger partial charge in [-0.3, -0.25) is 9.69 Å². The molecule has 106 valence electrons. The summed E-state index contributed by atoms with van der Waals surface area (Å²) in [4.78, 5) is 13.8. The summed E-state index contributed by atoms with van der Waals surface area (Å²) < 4.78 is 10.7. The van der Waals surface area contributed by atoms with E-state index in [9.17, 15) is 4.79 Å². The zero-order chi connectivity index (χ0) is 13.6. The summed E-state index contributed by atoms with van der Waals surface area (Å²) in [5.74, 6) is 0.0144. The van der Waals surface area contributed by atoms with Gasteiger partial charge in [0.05, 0.1) is 24.9 Å². The molecule has 1 aliphatic rings. The summed E-state index contributed by atoms with van der Waals surface area (Å²) in [5, 5.41) is 2.81. The second-order valence-electron chi connectivity index (χ2n) is 5.25. The molecule has 0 aliphatic carbocycles. The van der Waals surface area contributed by atoms with Gasteiger partial charge in [0.15, 0.2) is 0 Å². The van der Waals surface area contributed by atoms with Crippen LogP contribution in [0.5, 0.6) is 0 Å². The maximum absolute atomic E-state index is 11.7. The number of nitrogens with one attached hydrogen (secondary N) is 1. The van der Waals surface area contributed by atoms with Crippen LogP contribution < -0.4 is 11.1 Å². The summed E-state index contributed by atoms with van der Waals surface area (Å²) in [6, 6.07) is 0. The van der Waals surface area contributed by atoms with E-state index in [1.54, 1.807) is 7.11 Å². The number of ether oxygens (including phenoxy) is 2. The third kappa shape index (κ3) is 5.30. The molecule has 1 saturated heterocycles. The fourth-order valence-electron chi connectivity index (χ4n) is 2.21. The van der Waals surface area contributed by atoms with E-state index in [0.717, 1.165) is 6.54 Å². The maximum Gasteiger partial charge on any atom is 0.234 e. The van der Waals surface area contributed by atoms with Crippen molar-refractivity contribution >= 4 is 5.91 Å². The van der Waals surface area contributed by atoms with Crippen LogP contribution in [0.15, 0.2) is 0 Å². The van der Waals surface area contributed by atoms with Gasteiger partial charge in [0.1, 0.15) is 0 Å². The largest absolute Gasteiger partial charge is 0.383 e. The zero-order valence-electron chi connectivity index (χ0n) is 11.6. The fourth-order valence-corrected chi connectivity index (χ4v) is 2.21. The first-order valence-electron chi connectivity index (χ1n) is 6.32. The van der Waals surface area contributed by atoms with Crippen molar-refractivity contribution in [1.29, 1.82) is 0 Å². The van der Waals surface area contributed by atoms with Crippen LogP contribution in [0.3, 0.4) is 0 Å². The molecule has 0 spiro atoms. The average Bonchev–Trinajstić information content (AvgIpc) is 2.27. The second kappa shape index (κ2) is 7.04. The van der Waals surface area contributed by atoms with E-state index in [-0.39, 0.29) is 17.6 Å². The topological polar surface area (TPSA) is 76.8 Å². The van der Waals surface area contributed by atoms with Gasteiger partial charge in [-0.25, -0.2) is 0 Å². The van der Waals surface area contributed by atoms with Crippen molar-refractivity contribution in [1.82, 2.24) is 10.2 Å². The zero-order valence-corrected chi connectivity index (χ0v) is 11.6. The van der Waals surface area contributed by atoms with Crippen LogP contribution in [0.1, 0.15) is 13.8 Å². The molecule has 1 atom stereocenters. The first-order chi connectivity index (χ1) is 8.46. The van der Waals surface area contributed by atoms with Crippen molar-refractivity contribution in [3.05, 3.63) is 0 Å². The van der Waals surface area contributed by atoms with Crippen molar-refractivity contribution < 1.29 is 14.3 Å². The van der Waals surface area contributed by atoms with E-state index in [2.05, 4.69) is 10.2 Å². The predicted octanol–water partition coefficient (Wildman–Crippen LogP) is -0.813. The summed E-state index contributed by atoms with van der Waals surface area (Å²) in [5.41, 5.74) is 5.39. The lowest BCUT2D eigenvalue weighted by atomic mass is 10.1. The van der Waals surface area contributed by atoms with Crippen LogP contribution in [-0.4, -0.2) is 69.0 Å². The molecule has 1 amide bonds. The van der Waals surface area contributed by atoms with Crippen molar-refractivity contribution in [3.63, 3.8) is 0 Å². The molecule has 1 unspecified atom stereocenters. The minimum Gasteiger partial charge on any atom is -0.383 e. The molecule has 0 aromatic carbocycles. The molecule has 0 aromatic rings. The van der Waals surface area contributed by atoms with E-state index < -0.39 is 0 Å². The third-order valence-electron chi connectivity index (χ3n) is 2.81. The highest BCUT2D eigenvalue weighted by Crippen LogP contribution is 2.20. The summed E-state index contributed by atoms with van der Waals surface area (Å²) in [7, 11) is 1.61. The Morgan fingerprint density at radius 3 is 2.94 bits per heavy atom. The SMILES string of the molecule is COCCNC(=O)CN1CC(CN)OC(C)(C)C1. The van der Waals surface area contributed by atoms with E-state index >= 15 is 0 Å². The molecule has 1 fully saturated rings. The Kier molecular flexibility index (Phi) is 6.01. The fraction of sp³-hybridized carbons (Fsp3) is 0.917. The molecule has 1 aliphatic heterocycles. The number of amides is 1. The van der Waals surface area contributed by atoms with Gasteiger partial charge in [0, 0.05) is 33.3 Å². The predicted molar refractivity (Wildman–Crippen MR) is 69.3 cm³/mol. The van der Waals surface area contributed by atoms with E-state index in [1.807, 2.05) is 13.8 Å². The van der Waals surface area contributed by atoms with Crippen LogP contribution in [-0.2, 0) is 14.3 Å². The van der Waals surface area contributed by atoms with Gasteiger partial charge in [-0.15, -0.1) is 0 Å². The Bertz CT molecular complexity index is 271. The lowest BCUT2D eigenvalue weighted by Crippen LogP contribution is -2.56. The standard InChI is InChI=1S/C12H25N3O3/c1-12(2)9-15(7-10(6-13)18-12)8-11(16)14-4-5-17-3/h10H,4-9,13H2,1-3H3,(H,14,16). The summed E-state index contributed by atoms with van der Waals surface area (Å²) >= 11 is 0. The van der Waals surface area contributed by atoms with E-state index in [4.69, 9.17) is 15.2 Å². The van der Waals surface area contributed by atoms with Gasteiger partial charge in [0.25, 0.3) is 0 Å². The summed E-state index contributed by atoms with van der Waals surface area (Å²) in [6.07, 6.45) is 0.000486. The number of morpholine rings is 1. The van der Waals surface area contributed by atoms with Crippen LogP contribution >= 0.6 is 0 Å². The van der Waals surface area contributed by atoms with Crippen LogP contribution in [0.2, 0.25) is 0 Å². The monoisotopic (exact) mass is 259 g/mol. The normalized spacial score (nSPS) is 23.9. The molecule has 0 aromatic heterocycles. The van der Waals surface area contributed by atoms with Crippen molar-refractivity contribution in [2.75, 3.05) is 46.4 Å². The first-order valence-corrected chi connectivity index (χ1v) is 6.32. The number of carbonyl (C=O) groups is 1. The molecule has 0 saturated carbocycles. The Labute approximate surface area is 109 Å². The number of hydrogen-bond donors (Lipinski definition) is 2. The number of nitrogens with zero attached hydrogens (tertiary/aromatic N) is 1. The van der Waals surface area contributed by atoms with Crippen LogP contribution in [0.25, 0.3) is 0 Å². The number of rotatable bonds is 6. The Balaban J connectivity index is 2.38. The molecule has 1 rings (SSSR count). The number of nitrogens with two attached hydrogens (primary N) is 1. The van der Waals surface area contributed by atoms with Crippen molar-refractivity contribution in [2.45, 2.75) is 25.6 Å². The average molecular weight is 259 g/mol. The van der Waals surface area contributed by atoms with Crippen molar-refractivity contribution in [2.24, 2.45) is 5.73 Å². The molecule has 18 heavy (non-hydrogen) atoms. The lowest BCUT2D eigenvalue weighted by Gasteiger charge is -2.42. The number of hydrogen-bond acceptors (Lipinski definition) is 5. The van der Waals surface area contributed by atoms with E-state index in [0.29, 0.717) is 32.8 Å². The second-order valence-corrected chi connectivity index (χ2v) is 5.25. The highest BCUT2D eigenvalue weighted by atomic mass is 16.5. The van der Waals surface area contributed by atoms with Gasteiger partial charge in [0.2, 0.25) is 5.91 Å². The molecule has 6 nitrogen and oxygen atoms in total. The Hall–Kier alpha value is -0.690. The minimum atomic E-state index is -0.255. The van der Waals surface area contributed by atoms with Gasteiger partial charge in [-0.1, -0.05) is 0 Å². The number of methoxy groups -OCH3 is 1. The quantitative estimate of drug-likeness (QED) is 0.610. The van der Waals surface area contributed by atoms with Crippen LogP contribution in [0, 0.1) is 0 Å². The molecule has 0 radical (unpaired) electrons. The Morgan fingerprint density at radius 1 is 1.61 bits per heavy atom. The van der Waals surface area contributed by atoms with Gasteiger partial charge >= 0.3 is 0 Å². The van der Waals surface area contributed by atoms with Crippen LogP contribution in [0.4, 0.5) is 0 Å². The number of carbonyl (C=O) groups excluding carboxylic acids is 1. The minimum absolute atomic E-state index is 0.000486. The molecule has 6 heteroatoms. The molecule has 0 bridgehead atoms. The molecular weight excluding hydrogens is 234 g/mol. The highest BCUT2D eigenvalue weighted by Gasteiger charge is 2.33. The lowest BCUT2D eigenvalue weighted by molar-refractivity contribution is -0.141. The molecular formula is C12H25N3O3. The maximum atomic E-state index is 11.7. The van der Waals surface area contributed by atoms with Gasteiger partial charge in [-0.05, 0) is 13.8 Å². The smallest absolute Gasteiger partial charge is 0.234 e. The molecule has 1 heterocycles. The molecule has 3 N–H and O–H groups in total. The Morgan fingerprint density at radius 2 is 2.33 bits per heavy atom. The highest BCUT2D eigenvalue weighted by molar-refractivity contribution is 5.78. The van der Waals surface area contributed by atoms with Gasteiger partial charge in [-0.2, -0.15) is 0 Å². The van der Waals surface area contributed by atoms with Gasteiger partial charge < -0.3 is 20.5 Å². The third-order valence-corrected chi connectivity index (χ3v) is 2.81. The summed E-state index contributed by atoms with van der Waals surface area (Å²) in [6.45, 7) is 7.42. The van der Waals surface area contributed by atoms with E-state index in [1.165, 1.54) is 0 Å². The first kappa shape index (κ1) is 15.4.